The zero-order chi connectivity index (χ0) is 9.78. The van der Waals surface area contributed by atoms with E-state index < -0.39 is 30.4 Å². The Morgan fingerprint density at radius 1 is 1.33 bits per heavy atom. The number of carbonyl (C=O) groups is 2. The van der Waals surface area contributed by atoms with Crippen molar-refractivity contribution < 1.29 is 24.9 Å². The Bertz CT molecular complexity index is 172. The van der Waals surface area contributed by atoms with E-state index in [0.29, 0.717) is 0 Å². The van der Waals surface area contributed by atoms with Crippen LogP contribution in [0.3, 0.4) is 0 Å². The summed E-state index contributed by atoms with van der Waals surface area (Å²) in [7, 11) is 0. The van der Waals surface area contributed by atoms with Crippen molar-refractivity contribution in [2.75, 3.05) is 13.2 Å². The topological polar surface area (TPSA) is 94.8 Å². The molecule has 0 radical (unpaired) electrons. The number of carbonyl (C=O) groups excluding carboxylic acids is 1. The third kappa shape index (κ3) is 1.80. The molecule has 0 spiro atoms. The molecule has 0 bridgehead atoms. The molecule has 3 N–H and O–H groups in total. The van der Waals surface area contributed by atoms with Crippen LogP contribution in [0.25, 0.3) is 0 Å². The minimum Gasteiger partial charge on any atom is -0.480 e. The fourth-order valence-electron chi connectivity index (χ4n) is 0.882. The number of aliphatic carboxylic acids is 1. The van der Waals surface area contributed by atoms with E-state index in [1.54, 1.807) is 0 Å². The summed E-state index contributed by atoms with van der Waals surface area (Å²) < 4.78 is 0. The lowest BCUT2D eigenvalue weighted by molar-refractivity contribution is -0.158. The molecule has 70 valence electrons. The predicted octanol–water partition coefficient (Wildman–Crippen LogP) is -0.979. The highest BCUT2D eigenvalue weighted by molar-refractivity contribution is 6.02. The third-order valence-corrected chi connectivity index (χ3v) is 1.89. The second-order valence-electron chi connectivity index (χ2n) is 2.58. The molecule has 12 heavy (non-hydrogen) atoms. The smallest absolute Gasteiger partial charge is 0.319 e. The van der Waals surface area contributed by atoms with Gasteiger partial charge >= 0.3 is 5.97 Å². The molecule has 5 nitrogen and oxygen atoms in total. The molecule has 0 aliphatic carbocycles. The molecule has 0 rings (SSSR count). The van der Waals surface area contributed by atoms with Gasteiger partial charge in [-0.05, 0) is 13.3 Å². The summed E-state index contributed by atoms with van der Waals surface area (Å²) in [5.41, 5.74) is -1.82. The Hall–Kier alpha value is -0.940. The summed E-state index contributed by atoms with van der Waals surface area (Å²) in [6.07, 6.45) is -0.256. The number of carboxylic acids is 1. The molecule has 0 saturated carbocycles. The molecule has 0 fully saturated rings. The number of rotatable bonds is 5. The molecular weight excluding hydrogens is 164 g/mol. The second-order valence-corrected chi connectivity index (χ2v) is 2.58. The van der Waals surface area contributed by atoms with Crippen LogP contribution in [-0.4, -0.2) is 40.3 Å². The number of hydrogen-bond donors (Lipinski definition) is 3. The van der Waals surface area contributed by atoms with E-state index in [2.05, 4.69) is 0 Å². The number of aliphatic hydroxyl groups excluding tert-OH is 2. The highest BCUT2D eigenvalue weighted by Crippen LogP contribution is 2.22. The van der Waals surface area contributed by atoms with E-state index in [-0.39, 0.29) is 6.42 Å². The molecule has 0 aliphatic rings. The van der Waals surface area contributed by atoms with Gasteiger partial charge < -0.3 is 15.3 Å². The van der Waals surface area contributed by atoms with Gasteiger partial charge in [0.2, 0.25) is 0 Å². The zero-order valence-corrected chi connectivity index (χ0v) is 6.78. The first-order valence-electron chi connectivity index (χ1n) is 3.47. The summed E-state index contributed by atoms with van der Waals surface area (Å²) in [6, 6.07) is 0. The summed E-state index contributed by atoms with van der Waals surface area (Å²) in [6.45, 7) is -0.134. The van der Waals surface area contributed by atoms with Crippen molar-refractivity contribution in [1.29, 1.82) is 0 Å². The van der Waals surface area contributed by atoms with Crippen LogP contribution in [0.1, 0.15) is 13.3 Å². The Balaban J connectivity index is 4.76. The van der Waals surface area contributed by atoms with Crippen molar-refractivity contribution in [1.82, 2.24) is 0 Å². The molecule has 5 heteroatoms. The van der Waals surface area contributed by atoms with Gasteiger partial charge in [0, 0.05) is 6.61 Å². The maximum Gasteiger partial charge on any atom is 0.319 e. The van der Waals surface area contributed by atoms with E-state index in [1.807, 2.05) is 0 Å². The zero-order valence-electron chi connectivity index (χ0n) is 6.78. The summed E-state index contributed by atoms with van der Waals surface area (Å²) >= 11 is 0. The van der Waals surface area contributed by atoms with Gasteiger partial charge in [0.25, 0.3) is 0 Å². The Labute approximate surface area is 69.6 Å². The molecule has 0 saturated heterocycles. The normalized spacial score (nSPS) is 15.2. The van der Waals surface area contributed by atoms with Crippen molar-refractivity contribution in [3.63, 3.8) is 0 Å². The first-order valence-corrected chi connectivity index (χ1v) is 3.47. The van der Waals surface area contributed by atoms with Crippen LogP contribution < -0.4 is 0 Å². The van der Waals surface area contributed by atoms with Gasteiger partial charge in [-0.25, -0.2) is 0 Å². The number of hydrogen-bond acceptors (Lipinski definition) is 4. The number of carboxylic acid groups (broad SMARTS) is 1. The van der Waals surface area contributed by atoms with E-state index in [0.717, 1.165) is 6.92 Å². The van der Waals surface area contributed by atoms with Gasteiger partial charge in [0.05, 0.1) is 6.61 Å². The van der Waals surface area contributed by atoms with Crippen LogP contribution in [0, 0.1) is 5.41 Å². The Kier molecular flexibility index (Phi) is 3.85. The number of Topliss-reactive ketones (excluding diaryl/α,β-unsaturated/α-hetero) is 1. The Morgan fingerprint density at radius 3 is 1.92 bits per heavy atom. The monoisotopic (exact) mass is 176 g/mol. The van der Waals surface area contributed by atoms with Gasteiger partial charge in [0.15, 0.2) is 5.41 Å². The van der Waals surface area contributed by atoms with Crippen LogP contribution in [0.4, 0.5) is 0 Å². The molecule has 0 amide bonds. The summed E-state index contributed by atoms with van der Waals surface area (Å²) in [4.78, 5) is 21.5. The lowest BCUT2D eigenvalue weighted by Gasteiger charge is -2.22. The molecular formula is C7H12O5. The average Bonchev–Trinajstić information content (AvgIpc) is 1.98. The first kappa shape index (κ1) is 11.1. The fraction of sp³-hybridized carbons (Fsp3) is 0.714. The number of ketones is 1. The van der Waals surface area contributed by atoms with Gasteiger partial charge in [-0.3, -0.25) is 9.59 Å². The lowest BCUT2D eigenvalue weighted by Crippen LogP contribution is -2.42. The summed E-state index contributed by atoms with van der Waals surface area (Å²) in [5.74, 6) is -2.04. The lowest BCUT2D eigenvalue weighted by atomic mass is 9.82. The van der Waals surface area contributed by atoms with Crippen LogP contribution >= 0.6 is 0 Å². The molecule has 0 aliphatic heterocycles. The standard InChI is InChI=1S/C7H12O5/c1-5(10)7(4-9,2-3-8)6(11)12/h8-9H,2-4H2,1H3,(H,11,12). The van der Waals surface area contributed by atoms with Crippen molar-refractivity contribution in [3.8, 4) is 0 Å². The van der Waals surface area contributed by atoms with E-state index in [4.69, 9.17) is 15.3 Å². The van der Waals surface area contributed by atoms with Crippen LogP contribution in [0.5, 0.6) is 0 Å². The van der Waals surface area contributed by atoms with Crippen molar-refractivity contribution in [3.05, 3.63) is 0 Å². The maximum absolute atomic E-state index is 10.9. The van der Waals surface area contributed by atoms with Gasteiger partial charge in [0.1, 0.15) is 5.78 Å². The fourth-order valence-corrected chi connectivity index (χ4v) is 0.882. The van der Waals surface area contributed by atoms with Gasteiger partial charge in [-0.2, -0.15) is 0 Å². The molecule has 1 unspecified atom stereocenters. The average molecular weight is 176 g/mol. The van der Waals surface area contributed by atoms with Crippen molar-refractivity contribution in [2.45, 2.75) is 13.3 Å². The van der Waals surface area contributed by atoms with E-state index >= 15 is 0 Å². The highest BCUT2D eigenvalue weighted by Gasteiger charge is 2.42. The first-order chi connectivity index (χ1) is 5.51. The minimum atomic E-state index is -1.82. The molecule has 0 aromatic rings. The minimum absolute atomic E-state index is 0.256. The van der Waals surface area contributed by atoms with E-state index in [9.17, 15) is 9.59 Å². The number of aliphatic hydroxyl groups is 2. The maximum atomic E-state index is 10.9. The van der Waals surface area contributed by atoms with Crippen molar-refractivity contribution in [2.24, 2.45) is 5.41 Å². The predicted molar refractivity (Wildman–Crippen MR) is 39.5 cm³/mol. The van der Waals surface area contributed by atoms with Crippen LogP contribution in [0.15, 0.2) is 0 Å². The molecule has 1 atom stereocenters. The summed E-state index contributed by atoms with van der Waals surface area (Å²) in [5, 5.41) is 25.9. The van der Waals surface area contributed by atoms with Crippen molar-refractivity contribution >= 4 is 11.8 Å². The van der Waals surface area contributed by atoms with Gasteiger partial charge in [-0.15, -0.1) is 0 Å². The SMILES string of the molecule is CC(=O)C(CO)(CCO)C(=O)O. The van der Waals surface area contributed by atoms with Crippen LogP contribution in [-0.2, 0) is 9.59 Å². The third-order valence-electron chi connectivity index (χ3n) is 1.89. The molecule has 0 aromatic carbocycles. The van der Waals surface area contributed by atoms with Crippen LogP contribution in [0.2, 0.25) is 0 Å². The quantitative estimate of drug-likeness (QED) is 0.468. The highest BCUT2D eigenvalue weighted by atomic mass is 16.4. The second kappa shape index (κ2) is 4.18. The van der Waals surface area contributed by atoms with E-state index in [1.165, 1.54) is 0 Å². The van der Waals surface area contributed by atoms with Gasteiger partial charge in [-0.1, -0.05) is 0 Å². The molecule has 0 aromatic heterocycles. The Morgan fingerprint density at radius 2 is 1.83 bits per heavy atom. The largest absolute Gasteiger partial charge is 0.480 e. The molecule has 0 heterocycles.